The quantitative estimate of drug-likeness (QED) is 0.771. The zero-order valence-electron chi connectivity index (χ0n) is 15.4. The van der Waals surface area contributed by atoms with Crippen LogP contribution < -0.4 is 14.8 Å². The third kappa shape index (κ3) is 3.69. The van der Waals surface area contributed by atoms with Gasteiger partial charge in [-0.2, -0.15) is 0 Å². The van der Waals surface area contributed by atoms with Crippen LogP contribution in [-0.4, -0.2) is 35.6 Å². The third-order valence-corrected chi connectivity index (χ3v) is 4.64. The molecular weight excluding hydrogens is 342 g/mol. The van der Waals surface area contributed by atoms with E-state index in [9.17, 15) is 4.79 Å². The highest BCUT2D eigenvalue weighted by Gasteiger charge is 2.12. The van der Waals surface area contributed by atoms with E-state index in [0.717, 1.165) is 39.5 Å². The lowest BCUT2D eigenvalue weighted by molar-refractivity contribution is 0.0954. The minimum atomic E-state index is -0.116. The van der Waals surface area contributed by atoms with Crippen LogP contribution in [0.4, 0.5) is 0 Å². The molecule has 2 heterocycles. The van der Waals surface area contributed by atoms with Gasteiger partial charge in [-0.05, 0) is 56.2 Å². The van der Waals surface area contributed by atoms with Gasteiger partial charge in [-0.15, -0.1) is 0 Å². The summed E-state index contributed by atoms with van der Waals surface area (Å²) in [5.41, 5.74) is 4.98. The first-order valence-corrected chi connectivity index (χ1v) is 9.02. The molecule has 0 aliphatic carbocycles. The van der Waals surface area contributed by atoms with Crippen LogP contribution in [0.5, 0.6) is 11.5 Å². The van der Waals surface area contributed by atoms with Crippen LogP contribution >= 0.6 is 0 Å². The fourth-order valence-corrected chi connectivity index (χ4v) is 3.04. The highest BCUT2D eigenvalue weighted by molar-refractivity contribution is 5.97. The van der Waals surface area contributed by atoms with E-state index in [4.69, 9.17) is 9.47 Å². The maximum atomic E-state index is 12.5. The normalized spacial score (nSPS) is 12.8. The molecule has 0 bridgehead atoms. The molecule has 4 rings (SSSR count). The van der Waals surface area contributed by atoms with Gasteiger partial charge >= 0.3 is 0 Å². The molecule has 1 aliphatic heterocycles. The highest BCUT2D eigenvalue weighted by atomic mass is 16.6. The summed E-state index contributed by atoms with van der Waals surface area (Å²) in [4.78, 5) is 21.5. The van der Waals surface area contributed by atoms with Crippen molar-refractivity contribution in [3.05, 3.63) is 58.9 Å². The first-order valence-electron chi connectivity index (χ1n) is 9.02. The van der Waals surface area contributed by atoms with Crippen LogP contribution in [0.25, 0.3) is 11.0 Å². The Morgan fingerprint density at radius 2 is 1.70 bits per heavy atom. The number of nitrogens with one attached hydrogen (secondary N) is 1. The summed E-state index contributed by atoms with van der Waals surface area (Å²) in [6.45, 7) is 5.53. The van der Waals surface area contributed by atoms with Gasteiger partial charge < -0.3 is 14.8 Å². The Balaban J connectivity index is 1.40. The number of hydrogen-bond donors (Lipinski definition) is 1. The van der Waals surface area contributed by atoms with Crippen LogP contribution in [0.2, 0.25) is 0 Å². The lowest BCUT2D eigenvalue weighted by Crippen LogP contribution is -2.25. The van der Waals surface area contributed by atoms with Crippen molar-refractivity contribution in [1.82, 2.24) is 15.3 Å². The Labute approximate surface area is 157 Å². The van der Waals surface area contributed by atoms with Crippen molar-refractivity contribution in [3.63, 3.8) is 0 Å². The number of ether oxygens (including phenoxy) is 2. The summed E-state index contributed by atoms with van der Waals surface area (Å²) >= 11 is 0. The molecule has 1 aromatic heterocycles. The number of aromatic nitrogens is 2. The molecule has 3 aromatic rings. The maximum absolute atomic E-state index is 12.5. The molecule has 0 saturated heterocycles. The summed E-state index contributed by atoms with van der Waals surface area (Å²) in [7, 11) is 0. The molecule has 0 radical (unpaired) electrons. The lowest BCUT2D eigenvalue weighted by Gasteiger charge is -2.18. The van der Waals surface area contributed by atoms with E-state index >= 15 is 0 Å². The number of hydrogen-bond acceptors (Lipinski definition) is 5. The van der Waals surface area contributed by atoms with Crippen LogP contribution in [0.1, 0.15) is 27.3 Å². The smallest absolute Gasteiger partial charge is 0.251 e. The van der Waals surface area contributed by atoms with Gasteiger partial charge in [0.1, 0.15) is 13.2 Å². The predicted octanol–water partition coefficient (Wildman–Crippen LogP) is 2.99. The van der Waals surface area contributed by atoms with E-state index in [1.54, 1.807) is 12.1 Å². The Bertz CT molecular complexity index is 1020. The van der Waals surface area contributed by atoms with E-state index in [0.29, 0.717) is 31.7 Å². The molecule has 2 aromatic carbocycles. The number of carbonyl (C=O) groups excluding carboxylic acids is 1. The summed E-state index contributed by atoms with van der Waals surface area (Å²) < 4.78 is 11.1. The van der Waals surface area contributed by atoms with Gasteiger partial charge in [0.2, 0.25) is 0 Å². The Kier molecular flexibility index (Phi) is 4.62. The molecule has 27 heavy (non-hydrogen) atoms. The van der Waals surface area contributed by atoms with Crippen molar-refractivity contribution in [2.24, 2.45) is 0 Å². The Hall–Kier alpha value is -3.15. The minimum absolute atomic E-state index is 0.116. The minimum Gasteiger partial charge on any atom is -0.486 e. The number of aryl methyl sites for hydroxylation is 2. The second kappa shape index (κ2) is 7.23. The molecule has 1 aliphatic rings. The summed E-state index contributed by atoms with van der Waals surface area (Å²) in [5, 5.41) is 2.96. The molecule has 0 saturated carbocycles. The molecule has 0 unspecified atom stereocenters. The average molecular weight is 363 g/mol. The van der Waals surface area contributed by atoms with Gasteiger partial charge in [0.05, 0.1) is 22.4 Å². The zero-order valence-corrected chi connectivity index (χ0v) is 15.4. The van der Waals surface area contributed by atoms with E-state index in [1.807, 2.05) is 38.1 Å². The number of amides is 1. The van der Waals surface area contributed by atoms with Gasteiger partial charge in [0.15, 0.2) is 11.5 Å². The third-order valence-electron chi connectivity index (χ3n) is 4.64. The first-order chi connectivity index (χ1) is 13.1. The SMILES string of the molecule is Cc1nc2ccc(C(=O)NCCc3ccc4c(c3)OCCO4)cc2nc1C. The average Bonchev–Trinajstić information content (AvgIpc) is 2.68. The molecule has 6 nitrogen and oxygen atoms in total. The van der Waals surface area contributed by atoms with Crippen molar-refractivity contribution < 1.29 is 14.3 Å². The molecular formula is C21H21N3O3. The summed E-state index contributed by atoms with van der Waals surface area (Å²) in [6.07, 6.45) is 0.716. The molecule has 0 spiro atoms. The van der Waals surface area contributed by atoms with E-state index < -0.39 is 0 Å². The topological polar surface area (TPSA) is 73.3 Å². The molecule has 1 N–H and O–H groups in total. The predicted molar refractivity (Wildman–Crippen MR) is 102 cm³/mol. The summed E-state index contributed by atoms with van der Waals surface area (Å²) in [5.74, 6) is 1.43. The Morgan fingerprint density at radius 3 is 2.52 bits per heavy atom. The fraction of sp³-hybridized carbons (Fsp3) is 0.286. The number of carbonyl (C=O) groups is 1. The van der Waals surface area contributed by atoms with E-state index in [1.165, 1.54) is 0 Å². The molecule has 6 heteroatoms. The number of nitrogens with zero attached hydrogens (tertiary/aromatic N) is 2. The molecule has 1 amide bonds. The number of benzene rings is 2. The highest BCUT2D eigenvalue weighted by Crippen LogP contribution is 2.30. The standard InChI is InChI=1S/C21H21N3O3/c1-13-14(2)24-18-12-16(4-5-17(18)23-13)21(25)22-8-7-15-3-6-19-20(11-15)27-10-9-26-19/h3-6,11-12H,7-10H2,1-2H3,(H,22,25). The van der Waals surface area contributed by atoms with E-state index in [-0.39, 0.29) is 5.91 Å². The largest absolute Gasteiger partial charge is 0.486 e. The van der Waals surface area contributed by atoms with Crippen LogP contribution in [0.3, 0.4) is 0 Å². The number of fused-ring (bicyclic) bond motifs is 2. The van der Waals surface area contributed by atoms with Crippen LogP contribution in [0.15, 0.2) is 36.4 Å². The summed E-state index contributed by atoms with van der Waals surface area (Å²) in [6, 6.07) is 11.3. The molecule has 138 valence electrons. The van der Waals surface area contributed by atoms with Crippen molar-refractivity contribution in [2.45, 2.75) is 20.3 Å². The Morgan fingerprint density at radius 1 is 0.963 bits per heavy atom. The number of rotatable bonds is 4. The first kappa shape index (κ1) is 17.3. The van der Waals surface area contributed by atoms with Gasteiger partial charge in [-0.1, -0.05) is 6.07 Å². The second-order valence-electron chi connectivity index (χ2n) is 6.58. The fourth-order valence-electron chi connectivity index (χ4n) is 3.04. The zero-order chi connectivity index (χ0) is 18.8. The van der Waals surface area contributed by atoms with Crippen LogP contribution in [-0.2, 0) is 6.42 Å². The van der Waals surface area contributed by atoms with Crippen molar-refractivity contribution in [3.8, 4) is 11.5 Å². The van der Waals surface area contributed by atoms with Crippen molar-refractivity contribution in [2.75, 3.05) is 19.8 Å². The second-order valence-corrected chi connectivity index (χ2v) is 6.58. The van der Waals surface area contributed by atoms with E-state index in [2.05, 4.69) is 15.3 Å². The van der Waals surface area contributed by atoms with Gasteiger partial charge in [-0.3, -0.25) is 4.79 Å². The molecule has 0 fully saturated rings. The van der Waals surface area contributed by atoms with Gasteiger partial charge in [0.25, 0.3) is 5.91 Å². The van der Waals surface area contributed by atoms with Gasteiger partial charge in [0, 0.05) is 12.1 Å². The maximum Gasteiger partial charge on any atom is 0.251 e. The lowest BCUT2D eigenvalue weighted by atomic mass is 10.1. The molecule has 0 atom stereocenters. The monoisotopic (exact) mass is 363 g/mol. The van der Waals surface area contributed by atoms with Crippen LogP contribution in [0, 0.1) is 13.8 Å². The van der Waals surface area contributed by atoms with Crippen molar-refractivity contribution in [1.29, 1.82) is 0 Å². The van der Waals surface area contributed by atoms with Gasteiger partial charge in [-0.25, -0.2) is 9.97 Å². The van der Waals surface area contributed by atoms with Crippen molar-refractivity contribution >= 4 is 16.9 Å².